The third-order valence-corrected chi connectivity index (χ3v) is 1.50. The number of hydrogen-bond acceptors (Lipinski definition) is 0. The molecule has 0 aromatic rings. The van der Waals surface area contributed by atoms with E-state index in [1.54, 1.807) is 6.08 Å². The van der Waals surface area contributed by atoms with Crippen LogP contribution in [0, 0.1) is 0 Å². The molecule has 1 heteroatoms. The van der Waals surface area contributed by atoms with Gasteiger partial charge in [0.2, 0.25) is 0 Å². The van der Waals surface area contributed by atoms with Gasteiger partial charge in [-0.3, -0.25) is 0 Å². The van der Waals surface area contributed by atoms with Gasteiger partial charge in [0.1, 0.15) is 0 Å². The zero-order valence-corrected chi connectivity index (χ0v) is 7.28. The second kappa shape index (κ2) is 5.31. The lowest BCUT2D eigenvalue weighted by Gasteiger charge is -1.96. The Balaban J connectivity index is 4.23. The van der Waals surface area contributed by atoms with Gasteiger partial charge in [-0.05, 0) is 18.9 Å². The molecule has 0 radical (unpaired) electrons. The van der Waals surface area contributed by atoms with E-state index < -0.39 is 0 Å². The zero-order chi connectivity index (χ0) is 7.98. The van der Waals surface area contributed by atoms with Crippen LogP contribution in [0.25, 0.3) is 0 Å². The topological polar surface area (TPSA) is 0 Å². The molecule has 0 aromatic carbocycles. The molecule has 0 aliphatic carbocycles. The van der Waals surface area contributed by atoms with Crippen molar-refractivity contribution in [2.24, 2.45) is 0 Å². The molecule has 0 fully saturated rings. The van der Waals surface area contributed by atoms with Gasteiger partial charge in [-0.1, -0.05) is 43.3 Å². The van der Waals surface area contributed by atoms with Gasteiger partial charge in [0.05, 0.1) is 0 Å². The largest absolute Gasteiger partial charge is 0.0991 e. The molecule has 0 saturated heterocycles. The summed E-state index contributed by atoms with van der Waals surface area (Å²) >= 11 is 5.77. The first-order valence-corrected chi connectivity index (χ1v) is 3.74. The quantitative estimate of drug-likeness (QED) is 0.548. The summed E-state index contributed by atoms with van der Waals surface area (Å²) in [4.78, 5) is 0. The summed E-state index contributed by atoms with van der Waals surface area (Å²) in [6, 6.07) is 0. The molecule has 0 N–H and O–H groups in total. The standard InChI is InChI=1S/C9H13Cl/c1-4-6-7-9(5-2)8(3)10/h4,6-7H,1,5H2,2-3H3/b7-6-,9-8+. The van der Waals surface area contributed by atoms with E-state index in [1.807, 2.05) is 19.1 Å². The van der Waals surface area contributed by atoms with Gasteiger partial charge in [-0.15, -0.1) is 0 Å². The van der Waals surface area contributed by atoms with Gasteiger partial charge in [0, 0.05) is 5.03 Å². The van der Waals surface area contributed by atoms with Gasteiger partial charge in [0.15, 0.2) is 0 Å². The van der Waals surface area contributed by atoms with E-state index in [4.69, 9.17) is 11.6 Å². The first-order valence-electron chi connectivity index (χ1n) is 3.36. The Hall–Kier alpha value is -0.490. The molecule has 0 atom stereocenters. The van der Waals surface area contributed by atoms with Crippen LogP contribution in [0.15, 0.2) is 35.4 Å². The SMILES string of the molecule is C=C/C=C\C(CC)=C(/C)Cl. The van der Waals surface area contributed by atoms with Crippen molar-refractivity contribution < 1.29 is 0 Å². The van der Waals surface area contributed by atoms with E-state index in [1.165, 1.54) is 5.57 Å². The minimum Gasteiger partial charge on any atom is -0.0991 e. The first-order chi connectivity index (χ1) is 4.72. The van der Waals surface area contributed by atoms with Gasteiger partial charge < -0.3 is 0 Å². The summed E-state index contributed by atoms with van der Waals surface area (Å²) in [6.07, 6.45) is 6.59. The lowest BCUT2D eigenvalue weighted by atomic mass is 10.2. The van der Waals surface area contributed by atoms with Crippen LogP contribution in [-0.4, -0.2) is 0 Å². The van der Waals surface area contributed by atoms with E-state index in [0.29, 0.717) is 0 Å². The van der Waals surface area contributed by atoms with E-state index in [2.05, 4.69) is 13.5 Å². The molecule has 0 aliphatic heterocycles. The Labute approximate surface area is 67.9 Å². The molecule has 0 aliphatic rings. The number of rotatable bonds is 3. The molecule has 0 nitrogen and oxygen atoms in total. The molecular weight excluding hydrogens is 144 g/mol. The fraction of sp³-hybridized carbons (Fsp3) is 0.333. The molecule has 0 spiro atoms. The normalized spacial score (nSPS) is 13.5. The van der Waals surface area contributed by atoms with Crippen LogP contribution in [0.4, 0.5) is 0 Å². The highest BCUT2D eigenvalue weighted by molar-refractivity contribution is 6.29. The molecule has 0 saturated carbocycles. The average Bonchev–Trinajstić information content (AvgIpc) is 1.89. The van der Waals surface area contributed by atoms with Crippen molar-refractivity contribution in [1.29, 1.82) is 0 Å². The second-order valence-electron chi connectivity index (χ2n) is 2.01. The highest BCUT2D eigenvalue weighted by Crippen LogP contribution is 2.12. The Morgan fingerprint density at radius 2 is 2.20 bits per heavy atom. The van der Waals surface area contributed by atoms with Crippen LogP contribution in [0.3, 0.4) is 0 Å². The molecule has 56 valence electrons. The molecule has 0 aromatic heterocycles. The molecule has 10 heavy (non-hydrogen) atoms. The van der Waals surface area contributed by atoms with Gasteiger partial charge in [-0.2, -0.15) is 0 Å². The third-order valence-electron chi connectivity index (χ3n) is 1.26. The molecule has 0 heterocycles. The number of halogens is 1. The number of allylic oxidation sites excluding steroid dienone is 5. The van der Waals surface area contributed by atoms with Crippen molar-refractivity contribution >= 4 is 11.6 Å². The summed E-state index contributed by atoms with van der Waals surface area (Å²) < 4.78 is 0. The van der Waals surface area contributed by atoms with E-state index in [9.17, 15) is 0 Å². The molecular formula is C9H13Cl. The van der Waals surface area contributed by atoms with Crippen LogP contribution < -0.4 is 0 Å². The third kappa shape index (κ3) is 3.52. The fourth-order valence-electron chi connectivity index (χ4n) is 0.660. The van der Waals surface area contributed by atoms with Crippen molar-refractivity contribution in [2.45, 2.75) is 20.3 Å². The minimum atomic E-state index is 0.862. The summed E-state index contributed by atoms with van der Waals surface area (Å²) in [6.45, 7) is 7.55. The van der Waals surface area contributed by atoms with Crippen molar-refractivity contribution in [3.05, 3.63) is 35.4 Å². The highest BCUT2D eigenvalue weighted by Gasteiger charge is 1.90. The predicted octanol–water partition coefficient (Wildman–Crippen LogP) is 3.65. The molecule has 0 amide bonds. The van der Waals surface area contributed by atoms with Crippen LogP contribution >= 0.6 is 11.6 Å². The Morgan fingerprint density at radius 3 is 2.50 bits per heavy atom. The van der Waals surface area contributed by atoms with Crippen LogP contribution in [-0.2, 0) is 0 Å². The van der Waals surface area contributed by atoms with E-state index in [0.717, 1.165) is 11.5 Å². The van der Waals surface area contributed by atoms with Crippen molar-refractivity contribution in [3.8, 4) is 0 Å². The Morgan fingerprint density at radius 1 is 1.60 bits per heavy atom. The van der Waals surface area contributed by atoms with Crippen LogP contribution in [0.1, 0.15) is 20.3 Å². The summed E-state index contributed by atoms with van der Waals surface area (Å²) in [5.41, 5.74) is 1.17. The van der Waals surface area contributed by atoms with Gasteiger partial charge in [-0.25, -0.2) is 0 Å². The van der Waals surface area contributed by atoms with Crippen LogP contribution in [0.2, 0.25) is 0 Å². The Bertz CT molecular complexity index is 160. The summed E-state index contributed by atoms with van der Waals surface area (Å²) in [5, 5.41) is 0.862. The lowest BCUT2D eigenvalue weighted by molar-refractivity contribution is 1.13. The molecule has 0 rings (SSSR count). The minimum absolute atomic E-state index is 0.862. The monoisotopic (exact) mass is 156 g/mol. The summed E-state index contributed by atoms with van der Waals surface area (Å²) in [5.74, 6) is 0. The Kier molecular flexibility index (Phi) is 5.05. The van der Waals surface area contributed by atoms with Gasteiger partial charge in [0.25, 0.3) is 0 Å². The van der Waals surface area contributed by atoms with E-state index in [-0.39, 0.29) is 0 Å². The first kappa shape index (κ1) is 9.51. The maximum absolute atomic E-state index is 5.77. The predicted molar refractivity (Wildman–Crippen MR) is 48.2 cm³/mol. The van der Waals surface area contributed by atoms with Crippen molar-refractivity contribution in [3.63, 3.8) is 0 Å². The lowest BCUT2D eigenvalue weighted by Crippen LogP contribution is -1.75. The van der Waals surface area contributed by atoms with Crippen molar-refractivity contribution in [1.82, 2.24) is 0 Å². The smallest absolute Gasteiger partial charge is 0.0181 e. The second-order valence-corrected chi connectivity index (χ2v) is 2.57. The fourth-order valence-corrected chi connectivity index (χ4v) is 0.857. The highest BCUT2D eigenvalue weighted by atomic mass is 35.5. The van der Waals surface area contributed by atoms with Crippen LogP contribution in [0.5, 0.6) is 0 Å². The maximum Gasteiger partial charge on any atom is 0.0181 e. The van der Waals surface area contributed by atoms with Crippen molar-refractivity contribution in [2.75, 3.05) is 0 Å². The number of hydrogen-bond donors (Lipinski definition) is 0. The van der Waals surface area contributed by atoms with E-state index >= 15 is 0 Å². The zero-order valence-electron chi connectivity index (χ0n) is 6.52. The van der Waals surface area contributed by atoms with Gasteiger partial charge >= 0.3 is 0 Å². The molecule has 0 bridgehead atoms. The summed E-state index contributed by atoms with van der Waals surface area (Å²) in [7, 11) is 0. The molecule has 0 unspecified atom stereocenters. The maximum atomic E-state index is 5.77. The average molecular weight is 157 g/mol.